The van der Waals surface area contributed by atoms with Gasteiger partial charge in [-0.05, 0) is 39.2 Å². The number of nitrogens with zero attached hydrogens (tertiary/aromatic N) is 1. The zero-order valence-electron chi connectivity index (χ0n) is 11.2. The van der Waals surface area contributed by atoms with E-state index in [9.17, 15) is 8.42 Å². The number of halogens is 1. The number of hydrogen-bond acceptors (Lipinski definition) is 3. The average molecular weight is 354 g/mol. The summed E-state index contributed by atoms with van der Waals surface area (Å²) in [7, 11) is -3.37. The number of sulfonamides is 1. The molecule has 0 bridgehead atoms. The van der Waals surface area contributed by atoms with Crippen LogP contribution in [0.15, 0.2) is 20.1 Å². The molecule has 0 atom stereocenters. The Morgan fingerprint density at radius 1 is 1.22 bits per heavy atom. The van der Waals surface area contributed by atoms with Crippen LogP contribution in [0.1, 0.15) is 27.7 Å². The first-order chi connectivity index (χ1) is 8.25. The lowest BCUT2D eigenvalue weighted by molar-refractivity contribution is 0.334. The Labute approximate surface area is 122 Å². The fourth-order valence-electron chi connectivity index (χ4n) is 1.67. The van der Waals surface area contributed by atoms with E-state index >= 15 is 0 Å². The van der Waals surface area contributed by atoms with Crippen molar-refractivity contribution in [3.8, 4) is 0 Å². The van der Waals surface area contributed by atoms with Gasteiger partial charge in [-0.25, -0.2) is 8.42 Å². The molecule has 0 fully saturated rings. The molecular formula is C12H20BrNO2S2. The molecule has 0 spiro atoms. The summed E-state index contributed by atoms with van der Waals surface area (Å²) in [6, 6.07) is 1.78. The summed E-state index contributed by atoms with van der Waals surface area (Å²) in [6.07, 6.45) is 0. The molecule has 0 N–H and O–H groups in total. The first-order valence-electron chi connectivity index (χ1n) is 5.98. The van der Waals surface area contributed by atoms with Crippen LogP contribution in [0, 0.1) is 11.8 Å². The van der Waals surface area contributed by atoms with Gasteiger partial charge in [-0.3, -0.25) is 0 Å². The maximum absolute atomic E-state index is 12.6. The van der Waals surface area contributed by atoms with Crippen LogP contribution in [-0.2, 0) is 10.0 Å². The highest BCUT2D eigenvalue weighted by atomic mass is 79.9. The molecule has 3 nitrogen and oxygen atoms in total. The maximum Gasteiger partial charge on any atom is 0.253 e. The second-order valence-electron chi connectivity index (χ2n) is 5.17. The van der Waals surface area contributed by atoms with Crippen molar-refractivity contribution in [2.24, 2.45) is 11.8 Å². The first kappa shape index (κ1) is 16.1. The molecule has 0 amide bonds. The minimum absolute atomic E-state index is 0.317. The van der Waals surface area contributed by atoms with Crippen molar-refractivity contribution in [3.63, 3.8) is 0 Å². The standard InChI is InChI=1S/C12H20BrNO2S2/c1-9(2)7-14(8-10(3)4)18(15,16)12-11(13)5-6-17-12/h5-6,9-10H,7-8H2,1-4H3. The molecule has 1 aromatic rings. The Bertz CT molecular complexity index is 470. The molecule has 1 rings (SSSR count). The van der Waals surface area contributed by atoms with E-state index in [1.807, 2.05) is 27.7 Å². The zero-order chi connectivity index (χ0) is 13.9. The van der Waals surface area contributed by atoms with Crippen molar-refractivity contribution in [1.29, 1.82) is 0 Å². The van der Waals surface area contributed by atoms with Crippen molar-refractivity contribution in [2.45, 2.75) is 31.9 Å². The van der Waals surface area contributed by atoms with Crippen LogP contribution in [0.3, 0.4) is 0 Å². The van der Waals surface area contributed by atoms with Gasteiger partial charge in [0.25, 0.3) is 10.0 Å². The van der Waals surface area contributed by atoms with Gasteiger partial charge in [-0.15, -0.1) is 11.3 Å². The normalized spacial score (nSPS) is 12.9. The van der Waals surface area contributed by atoms with Crippen LogP contribution in [0.25, 0.3) is 0 Å². The van der Waals surface area contributed by atoms with Crippen LogP contribution in [0.2, 0.25) is 0 Å². The fourth-order valence-corrected chi connectivity index (χ4v) is 5.88. The molecule has 6 heteroatoms. The predicted octanol–water partition coefficient (Wildman–Crippen LogP) is 3.81. The number of thiophene rings is 1. The summed E-state index contributed by atoms with van der Waals surface area (Å²) < 4.78 is 27.8. The zero-order valence-corrected chi connectivity index (χ0v) is 14.4. The highest BCUT2D eigenvalue weighted by Gasteiger charge is 2.28. The summed E-state index contributed by atoms with van der Waals surface area (Å²) >= 11 is 4.57. The topological polar surface area (TPSA) is 37.4 Å². The van der Waals surface area contributed by atoms with Crippen LogP contribution in [-0.4, -0.2) is 25.8 Å². The molecular weight excluding hydrogens is 334 g/mol. The van der Waals surface area contributed by atoms with Gasteiger partial charge in [-0.2, -0.15) is 4.31 Å². The molecule has 0 aliphatic heterocycles. The van der Waals surface area contributed by atoms with Crippen LogP contribution < -0.4 is 0 Å². The van der Waals surface area contributed by atoms with Gasteiger partial charge in [0, 0.05) is 17.6 Å². The first-order valence-corrected chi connectivity index (χ1v) is 9.09. The molecule has 0 aliphatic rings. The van der Waals surface area contributed by atoms with Crippen molar-refractivity contribution in [1.82, 2.24) is 4.31 Å². The predicted molar refractivity (Wildman–Crippen MR) is 80.5 cm³/mol. The molecule has 0 saturated heterocycles. The molecule has 104 valence electrons. The highest BCUT2D eigenvalue weighted by Crippen LogP contribution is 2.31. The van der Waals surface area contributed by atoms with Crippen LogP contribution in [0.4, 0.5) is 0 Å². The van der Waals surface area contributed by atoms with Crippen molar-refractivity contribution < 1.29 is 8.42 Å². The number of rotatable bonds is 6. The largest absolute Gasteiger partial charge is 0.253 e. The Kier molecular flexibility index (Phi) is 5.83. The quantitative estimate of drug-likeness (QED) is 0.779. The summed E-state index contributed by atoms with van der Waals surface area (Å²) in [5.74, 6) is 0.634. The third kappa shape index (κ3) is 4.05. The summed E-state index contributed by atoms with van der Waals surface area (Å²) in [5, 5.41) is 1.79. The SMILES string of the molecule is CC(C)CN(CC(C)C)S(=O)(=O)c1sccc1Br. The van der Waals surface area contributed by atoms with Gasteiger partial charge in [0.1, 0.15) is 4.21 Å². The third-order valence-electron chi connectivity index (χ3n) is 2.30. The van der Waals surface area contributed by atoms with E-state index in [1.165, 1.54) is 11.3 Å². The van der Waals surface area contributed by atoms with Crippen molar-refractivity contribution in [2.75, 3.05) is 13.1 Å². The second kappa shape index (κ2) is 6.50. The molecule has 0 aliphatic carbocycles. The lowest BCUT2D eigenvalue weighted by Gasteiger charge is -2.25. The smallest absolute Gasteiger partial charge is 0.206 e. The van der Waals surface area contributed by atoms with E-state index < -0.39 is 10.0 Å². The van der Waals surface area contributed by atoms with E-state index in [1.54, 1.807) is 15.8 Å². The molecule has 1 heterocycles. The van der Waals surface area contributed by atoms with Crippen LogP contribution in [0.5, 0.6) is 0 Å². The van der Waals surface area contributed by atoms with Gasteiger partial charge < -0.3 is 0 Å². The molecule has 18 heavy (non-hydrogen) atoms. The van der Waals surface area contributed by atoms with Gasteiger partial charge in [0.05, 0.1) is 0 Å². The van der Waals surface area contributed by atoms with Crippen molar-refractivity contribution >= 4 is 37.3 Å². The minimum atomic E-state index is -3.37. The van der Waals surface area contributed by atoms with E-state index in [2.05, 4.69) is 15.9 Å². The van der Waals surface area contributed by atoms with E-state index in [4.69, 9.17) is 0 Å². The van der Waals surface area contributed by atoms with Crippen molar-refractivity contribution in [3.05, 3.63) is 15.9 Å². The van der Waals surface area contributed by atoms with Gasteiger partial charge in [0.15, 0.2) is 0 Å². The molecule has 1 aromatic heterocycles. The molecule has 0 radical (unpaired) electrons. The average Bonchev–Trinajstić information content (AvgIpc) is 2.62. The van der Waals surface area contributed by atoms with Crippen LogP contribution >= 0.6 is 27.3 Å². The Hall–Kier alpha value is 0.0900. The van der Waals surface area contributed by atoms with E-state index in [0.29, 0.717) is 33.6 Å². The Morgan fingerprint density at radius 3 is 2.06 bits per heavy atom. The summed E-state index contributed by atoms with van der Waals surface area (Å²) in [6.45, 7) is 9.26. The summed E-state index contributed by atoms with van der Waals surface area (Å²) in [5.41, 5.74) is 0. The second-order valence-corrected chi connectivity index (χ2v) is 9.07. The highest BCUT2D eigenvalue weighted by molar-refractivity contribution is 9.10. The molecule has 0 unspecified atom stereocenters. The van der Waals surface area contributed by atoms with Gasteiger partial charge >= 0.3 is 0 Å². The molecule has 0 saturated carbocycles. The maximum atomic E-state index is 12.6. The van der Waals surface area contributed by atoms with Gasteiger partial charge in [-0.1, -0.05) is 27.7 Å². The lowest BCUT2D eigenvalue weighted by atomic mass is 10.2. The Morgan fingerprint density at radius 2 is 1.72 bits per heavy atom. The van der Waals surface area contributed by atoms with E-state index in [0.717, 1.165) is 0 Å². The van der Waals surface area contributed by atoms with E-state index in [-0.39, 0.29) is 0 Å². The Balaban J connectivity index is 3.07. The fraction of sp³-hybridized carbons (Fsp3) is 0.667. The monoisotopic (exact) mass is 353 g/mol. The third-order valence-corrected chi connectivity index (χ3v) is 6.78. The molecule has 0 aromatic carbocycles. The van der Waals surface area contributed by atoms with Gasteiger partial charge in [0.2, 0.25) is 0 Å². The minimum Gasteiger partial charge on any atom is -0.206 e. The summed E-state index contributed by atoms with van der Waals surface area (Å²) in [4.78, 5) is 0. The number of hydrogen-bond donors (Lipinski definition) is 0. The lowest BCUT2D eigenvalue weighted by Crippen LogP contribution is -2.36.